The number of hydrogen-bond acceptors (Lipinski definition) is 22. The summed E-state index contributed by atoms with van der Waals surface area (Å²) in [4.78, 5) is 37.5. The van der Waals surface area contributed by atoms with Crippen LogP contribution in [0.4, 0.5) is 0 Å². The first-order valence-corrected chi connectivity index (χ1v) is 31.2. The molecule has 80 heavy (non-hydrogen) atoms. The number of hydrogen-bond donors (Lipinski definition) is 12. The van der Waals surface area contributed by atoms with Gasteiger partial charge < -0.3 is 89.5 Å². The predicted octanol–water partition coefficient (Wildman–Crippen LogP) is 4.10. The average Bonchev–Trinajstić information content (AvgIpc) is 3.53. The molecule has 12 N–H and O–H groups in total. The highest BCUT2D eigenvalue weighted by atomic mass is 31.2. The Bertz CT molecular complexity index is 1690. The number of allylic oxidation sites excluding steroid dienone is 4. The molecule has 0 radical (unpaired) electrons. The van der Waals surface area contributed by atoms with Crippen molar-refractivity contribution in [1.29, 1.82) is 0 Å². The van der Waals surface area contributed by atoms with Gasteiger partial charge in [0.15, 0.2) is 18.7 Å². The summed E-state index contributed by atoms with van der Waals surface area (Å²) in [7, 11) is -5.64. The number of phosphoric acid groups is 1. The molecule has 0 bridgehead atoms. The van der Waals surface area contributed by atoms with Crippen LogP contribution in [0, 0.1) is 0 Å². The molecule has 2 saturated heterocycles. The van der Waals surface area contributed by atoms with Crippen molar-refractivity contribution in [3.63, 3.8) is 0 Å². The number of rotatable bonds is 43. The Morgan fingerprint density at radius 3 is 1.25 bits per heavy atom. The minimum Gasteiger partial charge on any atom is -0.462 e. The average molecular weight is 1170 g/mol. The summed E-state index contributed by atoms with van der Waals surface area (Å²) in [5, 5.41) is 117. The number of phosphoric ester groups is 1. The Balaban J connectivity index is 1.71. The molecule has 23 nitrogen and oxygen atoms in total. The maximum atomic E-state index is 14.0. The first-order valence-electron chi connectivity index (χ1n) is 29.7. The van der Waals surface area contributed by atoms with Gasteiger partial charge in [0, 0.05) is 12.8 Å². The molecule has 3 aliphatic rings. The van der Waals surface area contributed by atoms with E-state index in [-0.39, 0.29) is 12.8 Å². The molecule has 16 unspecified atom stereocenters. The lowest BCUT2D eigenvalue weighted by atomic mass is 9.84. The van der Waals surface area contributed by atoms with E-state index in [0.717, 1.165) is 77.0 Å². The molecule has 24 heteroatoms. The molecule has 0 aromatic carbocycles. The van der Waals surface area contributed by atoms with Crippen LogP contribution >= 0.6 is 7.82 Å². The molecular weight excluding hydrogens is 1070 g/mol. The van der Waals surface area contributed by atoms with Crippen LogP contribution in [-0.2, 0) is 51.6 Å². The van der Waals surface area contributed by atoms with Crippen LogP contribution < -0.4 is 0 Å². The highest BCUT2D eigenvalue weighted by Crippen LogP contribution is 2.49. The molecule has 0 aromatic rings. The van der Waals surface area contributed by atoms with Crippen molar-refractivity contribution in [3.05, 3.63) is 24.3 Å². The Labute approximate surface area is 473 Å². The van der Waals surface area contributed by atoms with Crippen LogP contribution in [0.5, 0.6) is 0 Å². The highest BCUT2D eigenvalue weighted by Gasteiger charge is 2.58. The van der Waals surface area contributed by atoms with Gasteiger partial charge in [0.05, 0.1) is 19.8 Å². The number of unbranched alkanes of at least 4 members (excludes halogenated alkanes) is 21. The molecule has 2 aliphatic heterocycles. The summed E-state index contributed by atoms with van der Waals surface area (Å²) in [6, 6.07) is 0. The summed E-state index contributed by atoms with van der Waals surface area (Å²) in [6.45, 7) is 0.970. The predicted molar refractivity (Wildman–Crippen MR) is 291 cm³/mol. The third-order valence-electron chi connectivity index (χ3n) is 14.7. The molecule has 1 aliphatic carbocycles. The number of ether oxygens (including phenoxy) is 6. The number of aliphatic hydroxyl groups is 11. The van der Waals surface area contributed by atoms with Gasteiger partial charge in [0.2, 0.25) is 0 Å². The summed E-state index contributed by atoms with van der Waals surface area (Å²) in [6.07, 6.45) is 0.184. The van der Waals surface area contributed by atoms with Crippen LogP contribution in [0.3, 0.4) is 0 Å². The van der Waals surface area contributed by atoms with Crippen molar-refractivity contribution in [2.75, 3.05) is 26.4 Å². The van der Waals surface area contributed by atoms with E-state index in [1.807, 2.05) is 0 Å². The van der Waals surface area contributed by atoms with Crippen LogP contribution in [0.25, 0.3) is 0 Å². The Morgan fingerprint density at radius 2 is 0.825 bits per heavy atom. The Morgan fingerprint density at radius 1 is 0.463 bits per heavy atom. The Kier molecular flexibility index (Phi) is 37.1. The third kappa shape index (κ3) is 26.5. The van der Waals surface area contributed by atoms with Crippen molar-refractivity contribution in [3.8, 4) is 0 Å². The molecule has 16 atom stereocenters. The lowest BCUT2D eigenvalue weighted by molar-refractivity contribution is -0.360. The summed E-state index contributed by atoms with van der Waals surface area (Å²) in [5.41, 5.74) is 0. The fourth-order valence-corrected chi connectivity index (χ4v) is 10.7. The van der Waals surface area contributed by atoms with Crippen molar-refractivity contribution >= 4 is 19.8 Å². The van der Waals surface area contributed by atoms with Gasteiger partial charge in [-0.05, 0) is 64.2 Å². The Hall–Kier alpha value is -2.07. The molecule has 1 saturated carbocycles. The second kappa shape index (κ2) is 41.1. The molecule has 0 aromatic heterocycles. The fraction of sp³-hybridized carbons (Fsp3) is 0.893. The zero-order chi connectivity index (χ0) is 58.9. The lowest BCUT2D eigenvalue weighted by Gasteiger charge is -2.49. The molecular formula is C56H101O23P. The maximum Gasteiger partial charge on any atom is 0.472 e. The van der Waals surface area contributed by atoms with Gasteiger partial charge in [-0.25, -0.2) is 4.57 Å². The van der Waals surface area contributed by atoms with Gasteiger partial charge in [-0.3, -0.25) is 18.6 Å². The number of esters is 2. The second-order valence-electron chi connectivity index (χ2n) is 21.5. The topological polar surface area (TPSA) is 368 Å². The monoisotopic (exact) mass is 1170 g/mol. The zero-order valence-electron chi connectivity index (χ0n) is 47.3. The van der Waals surface area contributed by atoms with Crippen molar-refractivity contribution in [2.45, 2.75) is 291 Å². The largest absolute Gasteiger partial charge is 0.472 e. The van der Waals surface area contributed by atoms with E-state index < -0.39 is 150 Å². The van der Waals surface area contributed by atoms with Gasteiger partial charge in [-0.15, -0.1) is 0 Å². The van der Waals surface area contributed by atoms with E-state index in [9.17, 15) is 75.2 Å². The molecule has 468 valence electrons. The zero-order valence-corrected chi connectivity index (χ0v) is 48.2. The van der Waals surface area contributed by atoms with E-state index >= 15 is 0 Å². The molecule has 0 spiro atoms. The summed E-state index contributed by atoms with van der Waals surface area (Å²) >= 11 is 0. The van der Waals surface area contributed by atoms with Crippen LogP contribution in [-0.4, -0.2) is 204 Å². The molecule has 3 fully saturated rings. The SMILES string of the molecule is CCCCCCC=CCCCCCCCCCC(=O)OCC(COP(=O)(O)OC1C(OC2OC(CO)C(O)C(O)C2O)C(O)C(O)C(O)C1OC1OC(CO)C(O)C(O)C1O)OC(=O)CCCCCC=CCCCCCCCCC. The van der Waals surface area contributed by atoms with E-state index in [2.05, 4.69) is 38.2 Å². The van der Waals surface area contributed by atoms with Gasteiger partial charge in [0.1, 0.15) is 92.1 Å². The van der Waals surface area contributed by atoms with Gasteiger partial charge in [-0.2, -0.15) is 0 Å². The second-order valence-corrected chi connectivity index (χ2v) is 22.9. The first-order chi connectivity index (χ1) is 38.4. The standard InChI is InChI=1S/C56H101O23P/c1-3-5-7-9-11-13-15-17-19-21-22-24-26-28-30-32-41(59)72-36-38(74-42(60)33-31-29-27-25-23-20-18-16-14-12-10-8-6-4-2)37-73-80(70,71)79-54-52(77-55-50(68)45(63)43(61)39(34-57)75-55)48(66)47(65)49(67)53(54)78-56-51(69)46(64)44(62)40(35-58)76-56/h13,15,20,23,38-40,43-58,61-69H,3-12,14,16-19,21-22,24-37H2,1-2H3,(H,70,71). The van der Waals surface area contributed by atoms with Gasteiger partial charge in [-0.1, -0.05) is 134 Å². The van der Waals surface area contributed by atoms with Gasteiger partial charge >= 0.3 is 19.8 Å². The van der Waals surface area contributed by atoms with Crippen molar-refractivity contribution < 1.29 is 113 Å². The quantitative estimate of drug-likeness (QED) is 0.0177. The van der Waals surface area contributed by atoms with Crippen molar-refractivity contribution in [1.82, 2.24) is 0 Å². The smallest absolute Gasteiger partial charge is 0.462 e. The normalized spacial score (nSPS) is 31.4. The minimum atomic E-state index is -5.64. The first kappa shape index (κ1) is 72.2. The van der Waals surface area contributed by atoms with E-state index in [0.29, 0.717) is 19.3 Å². The van der Waals surface area contributed by atoms with Crippen molar-refractivity contribution in [2.24, 2.45) is 0 Å². The van der Waals surface area contributed by atoms with Gasteiger partial charge in [0.25, 0.3) is 0 Å². The fourth-order valence-electron chi connectivity index (χ4n) is 9.76. The van der Waals surface area contributed by atoms with Crippen LogP contribution in [0.2, 0.25) is 0 Å². The number of carbonyl (C=O) groups excluding carboxylic acids is 2. The minimum absolute atomic E-state index is 0.0452. The van der Waals surface area contributed by atoms with Crippen LogP contribution in [0.15, 0.2) is 24.3 Å². The summed E-state index contributed by atoms with van der Waals surface area (Å²) in [5.74, 6) is -1.36. The third-order valence-corrected chi connectivity index (χ3v) is 15.7. The summed E-state index contributed by atoms with van der Waals surface area (Å²) < 4.78 is 58.1. The van der Waals surface area contributed by atoms with E-state index in [1.165, 1.54) is 64.2 Å². The highest BCUT2D eigenvalue weighted by molar-refractivity contribution is 7.47. The molecule has 2 heterocycles. The maximum absolute atomic E-state index is 14.0. The van der Waals surface area contributed by atoms with Crippen LogP contribution in [0.1, 0.15) is 187 Å². The lowest BCUT2D eigenvalue weighted by Crippen LogP contribution is -2.69. The number of aliphatic hydroxyl groups excluding tert-OH is 11. The van der Waals surface area contributed by atoms with E-state index in [4.69, 9.17) is 37.5 Å². The molecule has 3 rings (SSSR count). The number of carbonyl (C=O) groups is 2. The molecule has 0 amide bonds. The van der Waals surface area contributed by atoms with E-state index in [1.54, 1.807) is 0 Å².